The number of Topliss-reactive ketones (excluding diaryl/α,β-unsaturated/α-hetero) is 1. The predicted octanol–water partition coefficient (Wildman–Crippen LogP) is 3.05. The van der Waals surface area contributed by atoms with Crippen LogP contribution in [0.15, 0.2) is 24.3 Å². The van der Waals surface area contributed by atoms with Crippen molar-refractivity contribution in [3.05, 3.63) is 35.5 Å². The van der Waals surface area contributed by atoms with E-state index in [1.165, 1.54) is 25.7 Å². The third-order valence-corrected chi connectivity index (χ3v) is 5.47. The number of aryl methyl sites for hydroxylation is 1. The number of fused-ring (bicyclic) bond motifs is 1. The molecule has 5 nitrogen and oxygen atoms in total. The molecule has 0 unspecified atom stereocenters. The average molecular weight is 355 g/mol. The summed E-state index contributed by atoms with van der Waals surface area (Å²) in [5, 5.41) is 3.66. The van der Waals surface area contributed by atoms with Crippen LogP contribution in [-0.2, 0) is 11.8 Å². The quantitative estimate of drug-likeness (QED) is 0.492. The molecule has 1 saturated heterocycles. The van der Waals surface area contributed by atoms with Gasteiger partial charge >= 0.3 is 0 Å². The zero-order chi connectivity index (χ0) is 18.5. The van der Waals surface area contributed by atoms with E-state index in [-0.39, 0.29) is 0 Å². The number of hydrogen-bond donors (Lipinski definition) is 1. The van der Waals surface area contributed by atoms with Crippen LogP contribution in [0.4, 0.5) is 0 Å². The lowest BCUT2D eigenvalue weighted by atomic mass is 10.1. The third-order valence-electron chi connectivity index (χ3n) is 5.47. The molecule has 26 heavy (non-hydrogen) atoms. The summed E-state index contributed by atoms with van der Waals surface area (Å²) in [6.07, 6.45) is 6.07. The number of ketones is 1. The van der Waals surface area contributed by atoms with Gasteiger partial charge in [-0.1, -0.05) is 31.0 Å². The van der Waals surface area contributed by atoms with Gasteiger partial charge in [-0.25, -0.2) is 0 Å². The number of para-hydroxylation sites is 1. The lowest BCUT2D eigenvalue weighted by molar-refractivity contribution is -0.117. The van der Waals surface area contributed by atoms with Gasteiger partial charge in [-0.3, -0.25) is 9.59 Å². The average Bonchev–Trinajstić information content (AvgIpc) is 2.83. The highest BCUT2D eigenvalue weighted by molar-refractivity contribution is 6.45. The summed E-state index contributed by atoms with van der Waals surface area (Å²) < 4.78 is 1.97. The Morgan fingerprint density at radius 3 is 2.50 bits per heavy atom. The van der Waals surface area contributed by atoms with E-state index in [2.05, 4.69) is 10.2 Å². The van der Waals surface area contributed by atoms with Crippen LogP contribution in [0.25, 0.3) is 10.9 Å². The molecule has 2 heterocycles. The van der Waals surface area contributed by atoms with Crippen LogP contribution in [0.2, 0.25) is 0 Å². The fourth-order valence-corrected chi connectivity index (χ4v) is 3.87. The maximum absolute atomic E-state index is 12.7. The molecular formula is C21H29N3O2. The minimum atomic E-state index is -0.500. The molecule has 1 aliphatic rings. The van der Waals surface area contributed by atoms with Gasteiger partial charge in [0.25, 0.3) is 11.7 Å². The molecule has 1 fully saturated rings. The highest BCUT2D eigenvalue weighted by atomic mass is 16.2. The van der Waals surface area contributed by atoms with E-state index >= 15 is 0 Å². The zero-order valence-electron chi connectivity index (χ0n) is 15.9. The summed E-state index contributed by atoms with van der Waals surface area (Å²) in [4.78, 5) is 27.5. The predicted molar refractivity (Wildman–Crippen MR) is 105 cm³/mol. The van der Waals surface area contributed by atoms with Crippen LogP contribution in [0.3, 0.4) is 0 Å². The lowest BCUT2D eigenvalue weighted by Gasteiger charge is -2.19. The second-order valence-electron chi connectivity index (χ2n) is 7.23. The Balaban J connectivity index is 1.57. The Hall–Kier alpha value is -2.14. The lowest BCUT2D eigenvalue weighted by Crippen LogP contribution is -2.34. The summed E-state index contributed by atoms with van der Waals surface area (Å²) in [5.41, 5.74) is 2.33. The first-order chi connectivity index (χ1) is 12.6. The molecule has 140 valence electrons. The summed E-state index contributed by atoms with van der Waals surface area (Å²) in [6.45, 7) is 5.73. The number of aromatic nitrogens is 1. The molecule has 0 atom stereocenters. The van der Waals surface area contributed by atoms with Gasteiger partial charge in [-0.2, -0.15) is 0 Å². The molecule has 0 bridgehead atoms. The molecule has 0 spiro atoms. The third kappa shape index (κ3) is 3.98. The number of likely N-dealkylation sites (tertiary alicyclic amines) is 1. The topological polar surface area (TPSA) is 54.3 Å². The number of hydrogen-bond acceptors (Lipinski definition) is 3. The highest BCUT2D eigenvalue weighted by Crippen LogP contribution is 2.25. The van der Waals surface area contributed by atoms with Crippen LogP contribution >= 0.6 is 0 Å². The Labute approximate surface area is 155 Å². The SMILES string of the molecule is Cc1c(C(=O)C(=O)NCCCN2CCCCCC2)c2ccccc2n1C. The van der Waals surface area contributed by atoms with Crippen LogP contribution < -0.4 is 5.32 Å². The van der Waals surface area contributed by atoms with E-state index in [0.717, 1.165) is 42.7 Å². The molecule has 0 radical (unpaired) electrons. The molecule has 1 aromatic carbocycles. The molecule has 0 saturated carbocycles. The molecule has 0 aliphatic carbocycles. The number of nitrogens with one attached hydrogen (secondary N) is 1. The first-order valence-electron chi connectivity index (χ1n) is 9.68. The smallest absolute Gasteiger partial charge is 0.292 e. The van der Waals surface area contributed by atoms with Crippen molar-refractivity contribution in [2.75, 3.05) is 26.2 Å². The van der Waals surface area contributed by atoms with Gasteiger partial charge in [0.2, 0.25) is 0 Å². The molecule has 5 heteroatoms. The normalized spacial score (nSPS) is 15.8. The molecular weight excluding hydrogens is 326 g/mol. The van der Waals surface area contributed by atoms with E-state index in [1.54, 1.807) is 0 Å². The Kier molecular flexibility index (Phi) is 6.09. The number of carbonyl (C=O) groups excluding carboxylic acids is 2. The van der Waals surface area contributed by atoms with Gasteiger partial charge in [0, 0.05) is 30.2 Å². The molecule has 1 aliphatic heterocycles. The van der Waals surface area contributed by atoms with Crippen LogP contribution in [0.5, 0.6) is 0 Å². The monoisotopic (exact) mass is 355 g/mol. The van der Waals surface area contributed by atoms with E-state index in [0.29, 0.717) is 12.1 Å². The number of carbonyl (C=O) groups is 2. The second-order valence-corrected chi connectivity index (χ2v) is 7.23. The van der Waals surface area contributed by atoms with Gasteiger partial charge in [0.15, 0.2) is 0 Å². The van der Waals surface area contributed by atoms with Gasteiger partial charge in [-0.05, 0) is 51.9 Å². The molecule has 1 aromatic heterocycles. The van der Waals surface area contributed by atoms with E-state index in [1.807, 2.05) is 42.8 Å². The minimum Gasteiger partial charge on any atom is -0.349 e. The van der Waals surface area contributed by atoms with Crippen molar-refractivity contribution in [3.8, 4) is 0 Å². The zero-order valence-corrected chi connectivity index (χ0v) is 15.9. The standard InChI is InChI=1S/C21H29N3O2/c1-16-19(17-10-5-6-11-18(17)23(16)2)20(25)21(26)22-12-9-15-24-13-7-3-4-8-14-24/h5-6,10-11H,3-4,7-9,12-15H2,1-2H3,(H,22,26). The fraction of sp³-hybridized carbons (Fsp3) is 0.524. The maximum Gasteiger partial charge on any atom is 0.292 e. The number of rotatable bonds is 6. The summed E-state index contributed by atoms with van der Waals surface area (Å²) in [5.74, 6) is -0.936. The summed E-state index contributed by atoms with van der Waals surface area (Å²) >= 11 is 0. The summed E-state index contributed by atoms with van der Waals surface area (Å²) in [6, 6.07) is 7.72. The van der Waals surface area contributed by atoms with Crippen LogP contribution in [-0.4, -0.2) is 47.3 Å². The van der Waals surface area contributed by atoms with Crippen molar-refractivity contribution < 1.29 is 9.59 Å². The van der Waals surface area contributed by atoms with Crippen molar-refractivity contribution in [3.63, 3.8) is 0 Å². The second kappa shape index (κ2) is 8.49. The van der Waals surface area contributed by atoms with Gasteiger partial charge in [-0.15, -0.1) is 0 Å². The maximum atomic E-state index is 12.7. The Morgan fingerprint density at radius 1 is 1.08 bits per heavy atom. The van der Waals surface area contributed by atoms with Crippen LogP contribution in [0, 0.1) is 6.92 Å². The first kappa shape index (κ1) is 18.6. The highest BCUT2D eigenvalue weighted by Gasteiger charge is 2.23. The molecule has 2 aromatic rings. The largest absolute Gasteiger partial charge is 0.349 e. The van der Waals surface area contributed by atoms with E-state index in [9.17, 15) is 9.59 Å². The molecule has 3 rings (SSSR count). The summed E-state index contributed by atoms with van der Waals surface area (Å²) in [7, 11) is 1.92. The van der Waals surface area contributed by atoms with E-state index < -0.39 is 11.7 Å². The van der Waals surface area contributed by atoms with Crippen molar-refractivity contribution in [1.29, 1.82) is 0 Å². The number of nitrogens with zero attached hydrogens (tertiary/aromatic N) is 2. The van der Waals surface area contributed by atoms with Crippen molar-refractivity contribution in [1.82, 2.24) is 14.8 Å². The van der Waals surface area contributed by atoms with Gasteiger partial charge < -0.3 is 14.8 Å². The number of amides is 1. The van der Waals surface area contributed by atoms with Crippen molar-refractivity contribution in [2.45, 2.75) is 39.0 Å². The van der Waals surface area contributed by atoms with Gasteiger partial charge in [0.1, 0.15) is 0 Å². The van der Waals surface area contributed by atoms with Crippen molar-refractivity contribution >= 4 is 22.6 Å². The Bertz CT molecular complexity index is 786. The first-order valence-corrected chi connectivity index (χ1v) is 9.68. The minimum absolute atomic E-state index is 0.436. The molecule has 1 amide bonds. The molecule has 1 N–H and O–H groups in total. The van der Waals surface area contributed by atoms with E-state index in [4.69, 9.17) is 0 Å². The Morgan fingerprint density at radius 2 is 1.77 bits per heavy atom. The van der Waals surface area contributed by atoms with Crippen molar-refractivity contribution in [2.24, 2.45) is 7.05 Å². The van der Waals surface area contributed by atoms with Crippen LogP contribution in [0.1, 0.15) is 48.2 Å². The fourth-order valence-electron chi connectivity index (χ4n) is 3.87. The van der Waals surface area contributed by atoms with Gasteiger partial charge in [0.05, 0.1) is 5.56 Å². The number of benzene rings is 1.